The summed E-state index contributed by atoms with van der Waals surface area (Å²) in [6, 6.07) is 14.5. The van der Waals surface area contributed by atoms with Crippen molar-refractivity contribution in [2.75, 3.05) is 37.4 Å². The average Bonchev–Trinajstić information content (AvgIpc) is 2.59. The highest BCUT2D eigenvalue weighted by atomic mass is 16.5. The van der Waals surface area contributed by atoms with Crippen molar-refractivity contribution in [2.45, 2.75) is 26.7 Å². The molecule has 0 amide bonds. The first-order valence-corrected chi connectivity index (χ1v) is 8.59. The SMILES string of the molecule is CCOc1cc(CCCN(C)c2ccccc2)cc(N)c1OCC. The lowest BCUT2D eigenvalue weighted by Crippen LogP contribution is -2.18. The molecule has 0 radical (unpaired) electrons. The summed E-state index contributed by atoms with van der Waals surface area (Å²) in [5.41, 5.74) is 9.21. The molecule has 0 saturated carbocycles. The largest absolute Gasteiger partial charge is 0.490 e. The van der Waals surface area contributed by atoms with Crippen molar-refractivity contribution in [1.82, 2.24) is 0 Å². The molecule has 0 saturated heterocycles. The standard InChI is InChI=1S/C20H28N2O2/c1-4-23-19-15-16(14-18(21)20(19)24-5-2)10-9-13-22(3)17-11-7-6-8-12-17/h6-8,11-12,14-15H,4-5,9-10,13,21H2,1-3H3. The quantitative estimate of drug-likeness (QED) is 0.703. The van der Waals surface area contributed by atoms with Gasteiger partial charge in [-0.25, -0.2) is 0 Å². The maximum absolute atomic E-state index is 6.15. The van der Waals surface area contributed by atoms with E-state index >= 15 is 0 Å². The predicted octanol–water partition coefficient (Wildman–Crippen LogP) is 4.14. The molecule has 0 bridgehead atoms. The molecule has 4 heteroatoms. The molecule has 24 heavy (non-hydrogen) atoms. The van der Waals surface area contributed by atoms with Crippen molar-refractivity contribution in [3.05, 3.63) is 48.0 Å². The van der Waals surface area contributed by atoms with Crippen LogP contribution in [0.15, 0.2) is 42.5 Å². The van der Waals surface area contributed by atoms with Crippen LogP contribution in [0, 0.1) is 0 Å². The second-order valence-electron chi connectivity index (χ2n) is 5.74. The third kappa shape index (κ3) is 4.82. The molecule has 0 atom stereocenters. The number of nitrogens with zero attached hydrogens (tertiary/aromatic N) is 1. The first-order valence-electron chi connectivity index (χ1n) is 8.59. The van der Waals surface area contributed by atoms with Gasteiger partial charge in [0.15, 0.2) is 11.5 Å². The number of para-hydroxylation sites is 1. The van der Waals surface area contributed by atoms with Crippen LogP contribution < -0.4 is 20.1 Å². The highest BCUT2D eigenvalue weighted by Gasteiger charge is 2.11. The Balaban J connectivity index is 1.99. The summed E-state index contributed by atoms with van der Waals surface area (Å²) >= 11 is 0. The Kier molecular flexibility index (Phi) is 6.79. The van der Waals surface area contributed by atoms with Crippen LogP contribution in [0.1, 0.15) is 25.8 Å². The maximum atomic E-state index is 6.15. The van der Waals surface area contributed by atoms with Gasteiger partial charge in [0.2, 0.25) is 0 Å². The highest BCUT2D eigenvalue weighted by molar-refractivity contribution is 5.62. The molecule has 0 aliphatic rings. The summed E-state index contributed by atoms with van der Waals surface area (Å²) < 4.78 is 11.3. The van der Waals surface area contributed by atoms with Crippen molar-refractivity contribution in [3.63, 3.8) is 0 Å². The van der Waals surface area contributed by atoms with Crippen LogP contribution in [0.5, 0.6) is 11.5 Å². The molecule has 0 spiro atoms. The topological polar surface area (TPSA) is 47.7 Å². The average molecular weight is 328 g/mol. The Morgan fingerprint density at radius 2 is 1.71 bits per heavy atom. The molecule has 0 aliphatic carbocycles. The smallest absolute Gasteiger partial charge is 0.184 e. The second kappa shape index (κ2) is 9.06. The Hall–Kier alpha value is -2.36. The molecule has 2 rings (SSSR count). The summed E-state index contributed by atoms with van der Waals surface area (Å²) in [5.74, 6) is 1.40. The molecule has 2 N–H and O–H groups in total. The van der Waals surface area contributed by atoms with Crippen molar-refractivity contribution >= 4 is 11.4 Å². The van der Waals surface area contributed by atoms with Gasteiger partial charge in [-0.15, -0.1) is 0 Å². The van der Waals surface area contributed by atoms with Gasteiger partial charge in [0.1, 0.15) is 0 Å². The van der Waals surface area contributed by atoms with Crippen molar-refractivity contribution < 1.29 is 9.47 Å². The van der Waals surface area contributed by atoms with E-state index in [1.54, 1.807) is 0 Å². The van der Waals surface area contributed by atoms with Crippen LogP contribution in [0.4, 0.5) is 11.4 Å². The van der Waals surface area contributed by atoms with Crippen LogP contribution in [0.2, 0.25) is 0 Å². The predicted molar refractivity (Wildman–Crippen MR) is 101 cm³/mol. The molecule has 0 aromatic heterocycles. The summed E-state index contributed by atoms with van der Waals surface area (Å²) in [4.78, 5) is 2.27. The van der Waals surface area contributed by atoms with Crippen LogP contribution in [0.3, 0.4) is 0 Å². The van der Waals surface area contributed by atoms with Crippen LogP contribution >= 0.6 is 0 Å². The van der Waals surface area contributed by atoms with E-state index in [9.17, 15) is 0 Å². The molecule has 130 valence electrons. The molecular formula is C20H28N2O2. The van der Waals surface area contributed by atoms with E-state index in [-0.39, 0.29) is 0 Å². The minimum Gasteiger partial charge on any atom is -0.490 e. The lowest BCUT2D eigenvalue weighted by atomic mass is 10.1. The van der Waals surface area contributed by atoms with Gasteiger partial charge in [-0.05, 0) is 56.5 Å². The Morgan fingerprint density at radius 3 is 2.38 bits per heavy atom. The fourth-order valence-corrected chi connectivity index (χ4v) is 2.72. The van der Waals surface area contributed by atoms with Crippen LogP contribution in [0.25, 0.3) is 0 Å². The number of anilines is 2. The van der Waals surface area contributed by atoms with E-state index in [0.29, 0.717) is 24.7 Å². The normalized spacial score (nSPS) is 10.5. The molecule has 2 aromatic rings. The summed E-state index contributed by atoms with van der Waals surface area (Å²) in [5, 5.41) is 0. The molecule has 0 fully saturated rings. The Labute approximate surface area is 145 Å². The number of ether oxygens (including phenoxy) is 2. The Bertz CT molecular complexity index is 629. The third-order valence-electron chi connectivity index (χ3n) is 3.89. The summed E-state index contributed by atoms with van der Waals surface area (Å²) in [7, 11) is 2.12. The lowest BCUT2D eigenvalue weighted by Gasteiger charge is -2.19. The first-order chi connectivity index (χ1) is 11.7. The molecule has 0 unspecified atom stereocenters. The van der Waals surface area contributed by atoms with Gasteiger partial charge in [0, 0.05) is 19.3 Å². The zero-order valence-corrected chi connectivity index (χ0v) is 14.9. The van der Waals surface area contributed by atoms with E-state index in [1.165, 1.54) is 11.3 Å². The van der Waals surface area contributed by atoms with E-state index in [0.717, 1.165) is 25.1 Å². The van der Waals surface area contributed by atoms with Crippen molar-refractivity contribution in [2.24, 2.45) is 0 Å². The minimum absolute atomic E-state index is 0.575. The number of hydrogen-bond acceptors (Lipinski definition) is 4. The van der Waals surface area contributed by atoms with E-state index < -0.39 is 0 Å². The molecular weight excluding hydrogens is 300 g/mol. The maximum Gasteiger partial charge on any atom is 0.184 e. The van der Waals surface area contributed by atoms with Gasteiger partial charge in [-0.2, -0.15) is 0 Å². The van der Waals surface area contributed by atoms with Gasteiger partial charge in [-0.3, -0.25) is 0 Å². The number of nitrogen functional groups attached to an aromatic ring is 1. The Morgan fingerprint density at radius 1 is 1.00 bits per heavy atom. The number of aryl methyl sites for hydroxylation is 1. The van der Waals surface area contributed by atoms with Gasteiger partial charge in [-0.1, -0.05) is 18.2 Å². The van der Waals surface area contributed by atoms with Gasteiger partial charge in [0.05, 0.1) is 18.9 Å². The number of hydrogen-bond donors (Lipinski definition) is 1. The zero-order valence-electron chi connectivity index (χ0n) is 14.9. The van der Waals surface area contributed by atoms with Crippen molar-refractivity contribution in [1.29, 1.82) is 0 Å². The van der Waals surface area contributed by atoms with Crippen molar-refractivity contribution in [3.8, 4) is 11.5 Å². The summed E-state index contributed by atoms with van der Waals surface area (Å²) in [6.45, 7) is 6.07. The fraction of sp³-hybridized carbons (Fsp3) is 0.400. The van der Waals surface area contributed by atoms with Gasteiger partial charge in [0.25, 0.3) is 0 Å². The molecule has 0 aliphatic heterocycles. The van der Waals surface area contributed by atoms with Crippen LogP contribution in [-0.4, -0.2) is 26.8 Å². The van der Waals surface area contributed by atoms with E-state index in [2.05, 4.69) is 36.2 Å². The van der Waals surface area contributed by atoms with E-state index in [4.69, 9.17) is 15.2 Å². The minimum atomic E-state index is 0.575. The highest BCUT2D eigenvalue weighted by Crippen LogP contribution is 2.35. The van der Waals surface area contributed by atoms with Crippen LogP contribution in [-0.2, 0) is 6.42 Å². The first kappa shape index (κ1) is 18.0. The second-order valence-corrected chi connectivity index (χ2v) is 5.74. The van der Waals surface area contributed by atoms with Gasteiger partial charge < -0.3 is 20.1 Å². The van der Waals surface area contributed by atoms with Gasteiger partial charge >= 0.3 is 0 Å². The number of rotatable bonds is 9. The lowest BCUT2D eigenvalue weighted by molar-refractivity contribution is 0.289. The summed E-state index contributed by atoms with van der Waals surface area (Å²) in [6.07, 6.45) is 2.00. The molecule has 4 nitrogen and oxygen atoms in total. The number of nitrogens with two attached hydrogens (primary N) is 1. The zero-order chi connectivity index (χ0) is 17.4. The fourth-order valence-electron chi connectivity index (χ4n) is 2.72. The molecule has 2 aromatic carbocycles. The molecule has 0 heterocycles. The third-order valence-corrected chi connectivity index (χ3v) is 3.89. The monoisotopic (exact) mass is 328 g/mol. The number of benzene rings is 2. The van der Waals surface area contributed by atoms with E-state index in [1.807, 2.05) is 32.0 Å².